The van der Waals surface area contributed by atoms with Crippen LogP contribution >= 0.6 is 0 Å². The summed E-state index contributed by atoms with van der Waals surface area (Å²) >= 11 is 0. The largest absolute Gasteiger partial charge is 2.00 e. The van der Waals surface area contributed by atoms with E-state index in [1.807, 2.05) is 53.1 Å². The van der Waals surface area contributed by atoms with Crippen molar-refractivity contribution in [2.45, 2.75) is 0 Å². The minimum atomic E-state index is -0.619. The van der Waals surface area contributed by atoms with E-state index in [4.69, 9.17) is 4.74 Å². The Labute approximate surface area is 214 Å². The van der Waals surface area contributed by atoms with Crippen molar-refractivity contribution < 1.29 is 34.6 Å². The van der Waals surface area contributed by atoms with E-state index >= 15 is 0 Å². The Morgan fingerprint density at radius 2 is 1.60 bits per heavy atom. The Hall–Kier alpha value is -3.89. The molecular weight excluding hydrogens is 627 g/mol. The Kier molecular flexibility index (Phi) is 6.14. The second-order valence-corrected chi connectivity index (χ2v) is 7.65. The summed E-state index contributed by atoms with van der Waals surface area (Å²) in [6.45, 7) is 0. The van der Waals surface area contributed by atoms with Gasteiger partial charge in [-0.2, -0.15) is 33.6 Å². The second-order valence-electron chi connectivity index (χ2n) is 7.65. The maximum absolute atomic E-state index is 14.0. The predicted molar refractivity (Wildman–Crippen MR) is 126 cm³/mol. The summed E-state index contributed by atoms with van der Waals surface area (Å²) < 4.78 is 35.0. The van der Waals surface area contributed by atoms with Crippen LogP contribution in [0.2, 0.25) is 0 Å². The molecule has 0 aliphatic carbocycles. The smallest absolute Gasteiger partial charge is 0.460 e. The molecule has 0 atom stereocenters. The molecular formula is C28H15F2N3OPt. The van der Waals surface area contributed by atoms with Crippen LogP contribution in [0, 0.1) is 23.9 Å². The quantitative estimate of drug-likeness (QED) is 0.155. The van der Waals surface area contributed by atoms with Gasteiger partial charge in [0.1, 0.15) is 11.6 Å². The third kappa shape index (κ3) is 4.33. The summed E-state index contributed by atoms with van der Waals surface area (Å²) in [6, 6.07) is 31.0. The van der Waals surface area contributed by atoms with E-state index in [9.17, 15) is 8.78 Å². The SMILES string of the molecule is Fc1ccnc(-n2c3[c-]c(-c4[c-]c(Oc5cccc(F)n5)ccc4)ccc3c3ccccc32)c1.[Pt+2]. The molecule has 3 heterocycles. The van der Waals surface area contributed by atoms with E-state index in [-0.39, 0.29) is 32.8 Å². The van der Waals surface area contributed by atoms with Crippen LogP contribution in [0.1, 0.15) is 0 Å². The van der Waals surface area contributed by atoms with Crippen molar-refractivity contribution >= 4 is 21.8 Å². The number of halogens is 2. The fraction of sp³-hybridized carbons (Fsp3) is 0. The topological polar surface area (TPSA) is 39.9 Å². The van der Waals surface area contributed by atoms with Gasteiger partial charge in [-0.05, 0) is 29.1 Å². The van der Waals surface area contributed by atoms with Crippen LogP contribution in [-0.2, 0) is 21.1 Å². The molecule has 0 radical (unpaired) electrons. The maximum Gasteiger partial charge on any atom is 2.00 e. The van der Waals surface area contributed by atoms with Crippen molar-refractivity contribution in [2.75, 3.05) is 0 Å². The minimum absolute atomic E-state index is 0. The molecule has 6 aromatic rings. The van der Waals surface area contributed by atoms with Crippen molar-refractivity contribution in [3.63, 3.8) is 0 Å². The molecule has 0 saturated heterocycles. The molecule has 0 bridgehead atoms. The van der Waals surface area contributed by atoms with Gasteiger partial charge in [-0.15, -0.1) is 18.2 Å². The van der Waals surface area contributed by atoms with Crippen molar-refractivity contribution in [1.29, 1.82) is 0 Å². The van der Waals surface area contributed by atoms with Crippen LogP contribution in [0.15, 0.2) is 91.1 Å². The molecule has 7 heteroatoms. The molecule has 0 spiro atoms. The zero-order valence-electron chi connectivity index (χ0n) is 18.0. The standard InChI is InChI=1S/C28H15F2N3O.Pt/c29-20-13-14-31-27(17-20)33-24-8-2-1-7-22(24)23-12-11-19(16-25(23)33)18-5-3-6-21(15-18)34-28-10-4-9-26(30)32-28;/h1-14,17H;/q-2;+2. The van der Waals surface area contributed by atoms with Crippen molar-refractivity contribution in [3.05, 3.63) is 115 Å². The van der Waals surface area contributed by atoms with E-state index in [0.717, 1.165) is 32.9 Å². The van der Waals surface area contributed by atoms with Gasteiger partial charge < -0.3 is 9.30 Å². The summed E-state index contributed by atoms with van der Waals surface area (Å²) in [5.41, 5.74) is 3.18. The minimum Gasteiger partial charge on any atom is -0.460 e. The van der Waals surface area contributed by atoms with E-state index in [0.29, 0.717) is 11.6 Å². The number of fused-ring (bicyclic) bond motifs is 3. The molecule has 0 aliphatic rings. The number of hydrogen-bond donors (Lipinski definition) is 0. The Morgan fingerprint density at radius 3 is 2.46 bits per heavy atom. The normalized spacial score (nSPS) is 10.9. The predicted octanol–water partition coefficient (Wildman–Crippen LogP) is 6.91. The van der Waals surface area contributed by atoms with Gasteiger partial charge in [-0.1, -0.05) is 29.7 Å². The molecule has 172 valence electrons. The van der Waals surface area contributed by atoms with Crippen molar-refractivity contribution in [1.82, 2.24) is 14.5 Å². The van der Waals surface area contributed by atoms with Gasteiger partial charge in [0.15, 0.2) is 0 Å². The van der Waals surface area contributed by atoms with Gasteiger partial charge in [0, 0.05) is 29.6 Å². The molecule has 3 aromatic carbocycles. The number of nitrogens with zero attached hydrogens (tertiary/aromatic N) is 3. The zero-order chi connectivity index (χ0) is 23.1. The van der Waals surface area contributed by atoms with Crippen LogP contribution in [-0.4, -0.2) is 14.5 Å². The third-order valence-corrected chi connectivity index (χ3v) is 5.48. The number of ether oxygens (including phenoxy) is 1. The summed E-state index contributed by atoms with van der Waals surface area (Å²) in [4.78, 5) is 8.12. The monoisotopic (exact) mass is 642 g/mol. The number of hydrogen-bond acceptors (Lipinski definition) is 3. The number of rotatable bonds is 4. The van der Waals surface area contributed by atoms with Gasteiger partial charge in [0.25, 0.3) is 0 Å². The van der Waals surface area contributed by atoms with Crippen LogP contribution in [0.3, 0.4) is 0 Å². The number of para-hydroxylation sites is 1. The zero-order valence-corrected chi connectivity index (χ0v) is 20.3. The molecule has 6 rings (SSSR count). The van der Waals surface area contributed by atoms with Gasteiger partial charge >= 0.3 is 21.1 Å². The van der Waals surface area contributed by atoms with E-state index < -0.39 is 5.95 Å². The number of aromatic nitrogens is 3. The number of pyridine rings is 2. The first-order chi connectivity index (χ1) is 16.7. The molecule has 35 heavy (non-hydrogen) atoms. The molecule has 0 saturated carbocycles. The molecule has 0 unspecified atom stereocenters. The van der Waals surface area contributed by atoms with E-state index in [1.54, 1.807) is 12.1 Å². The van der Waals surface area contributed by atoms with Crippen LogP contribution in [0.25, 0.3) is 38.8 Å². The Balaban J connectivity index is 0.00000253. The summed E-state index contributed by atoms with van der Waals surface area (Å²) in [5.74, 6) is 0.0295. The average Bonchev–Trinajstić information content (AvgIpc) is 3.18. The molecule has 0 fully saturated rings. The summed E-state index contributed by atoms with van der Waals surface area (Å²) in [5, 5.41) is 1.99. The fourth-order valence-corrected chi connectivity index (χ4v) is 4.03. The van der Waals surface area contributed by atoms with Crippen molar-refractivity contribution in [3.8, 4) is 28.6 Å². The van der Waals surface area contributed by atoms with E-state index in [2.05, 4.69) is 22.1 Å². The fourth-order valence-electron chi connectivity index (χ4n) is 4.03. The summed E-state index contributed by atoms with van der Waals surface area (Å²) in [6.07, 6.45) is 1.45. The molecule has 4 nitrogen and oxygen atoms in total. The van der Waals surface area contributed by atoms with Gasteiger partial charge in [0.2, 0.25) is 11.8 Å². The summed E-state index contributed by atoms with van der Waals surface area (Å²) in [7, 11) is 0. The van der Waals surface area contributed by atoms with Gasteiger partial charge in [-0.25, -0.2) is 20.5 Å². The van der Waals surface area contributed by atoms with Crippen LogP contribution in [0.5, 0.6) is 11.6 Å². The first-order valence-electron chi connectivity index (χ1n) is 10.6. The first kappa shape index (κ1) is 22.9. The van der Waals surface area contributed by atoms with Gasteiger partial charge in [0.05, 0.1) is 0 Å². The molecule has 0 amide bonds. The average molecular weight is 643 g/mol. The number of benzene rings is 3. The Bertz CT molecular complexity index is 1680. The molecule has 0 aliphatic heterocycles. The van der Waals surface area contributed by atoms with Crippen LogP contribution < -0.4 is 4.74 Å². The Morgan fingerprint density at radius 1 is 0.771 bits per heavy atom. The van der Waals surface area contributed by atoms with Crippen molar-refractivity contribution in [2.24, 2.45) is 0 Å². The third-order valence-electron chi connectivity index (χ3n) is 5.48. The maximum atomic E-state index is 14.0. The first-order valence-corrected chi connectivity index (χ1v) is 10.6. The van der Waals surface area contributed by atoms with Gasteiger partial charge in [-0.3, -0.25) is 0 Å². The second kappa shape index (κ2) is 9.40. The molecule has 3 aromatic heterocycles. The molecule has 0 N–H and O–H groups in total. The van der Waals surface area contributed by atoms with E-state index in [1.165, 1.54) is 30.5 Å². The van der Waals surface area contributed by atoms with Crippen LogP contribution in [0.4, 0.5) is 8.78 Å².